The average molecular weight is 258 g/mol. The van der Waals surface area contributed by atoms with Crippen molar-refractivity contribution in [3.05, 3.63) is 35.7 Å². The van der Waals surface area contributed by atoms with Crippen molar-refractivity contribution in [2.75, 3.05) is 24.8 Å². The molecule has 5 heteroatoms. The summed E-state index contributed by atoms with van der Waals surface area (Å²) < 4.78 is 5.20. The molecule has 0 aliphatic heterocycles. The minimum absolute atomic E-state index is 0.799. The summed E-state index contributed by atoms with van der Waals surface area (Å²) in [5, 5.41) is 6.36. The molecule has 0 aliphatic carbocycles. The molecular weight excluding hydrogens is 240 g/mol. The normalized spacial score (nSPS) is 10.1. The van der Waals surface area contributed by atoms with Crippen molar-refractivity contribution in [1.82, 2.24) is 9.97 Å². The van der Waals surface area contributed by atoms with Crippen LogP contribution in [0.4, 0.5) is 17.3 Å². The molecule has 0 atom stereocenters. The fourth-order valence-electron chi connectivity index (χ4n) is 1.86. The van der Waals surface area contributed by atoms with Gasteiger partial charge in [-0.15, -0.1) is 0 Å². The molecular formula is C14H18N4O. The van der Waals surface area contributed by atoms with Crippen molar-refractivity contribution in [2.45, 2.75) is 13.8 Å². The van der Waals surface area contributed by atoms with Crippen molar-refractivity contribution in [3.63, 3.8) is 0 Å². The number of hydrogen-bond donors (Lipinski definition) is 2. The lowest BCUT2D eigenvalue weighted by Gasteiger charge is -2.13. The molecule has 0 aliphatic rings. The van der Waals surface area contributed by atoms with E-state index in [9.17, 15) is 0 Å². The molecule has 0 amide bonds. The van der Waals surface area contributed by atoms with Crippen LogP contribution < -0.4 is 15.4 Å². The number of nitrogens with one attached hydrogen (secondary N) is 2. The Labute approximate surface area is 113 Å². The van der Waals surface area contributed by atoms with Crippen molar-refractivity contribution in [1.29, 1.82) is 0 Å². The highest BCUT2D eigenvalue weighted by Crippen LogP contribution is 2.26. The summed E-state index contributed by atoms with van der Waals surface area (Å²) in [4.78, 5) is 8.44. The summed E-state index contributed by atoms with van der Waals surface area (Å²) in [7, 11) is 3.51. The lowest BCUT2D eigenvalue weighted by Crippen LogP contribution is -2.03. The average Bonchev–Trinajstić information content (AvgIpc) is 2.43. The van der Waals surface area contributed by atoms with Gasteiger partial charge in [-0.1, -0.05) is 0 Å². The van der Waals surface area contributed by atoms with Gasteiger partial charge in [0.15, 0.2) is 0 Å². The third kappa shape index (κ3) is 2.76. The molecule has 100 valence electrons. The number of benzene rings is 1. The first kappa shape index (κ1) is 13.1. The number of nitrogens with zero attached hydrogens (tertiary/aromatic N) is 2. The maximum atomic E-state index is 5.20. The molecule has 0 saturated carbocycles. The van der Waals surface area contributed by atoms with E-state index >= 15 is 0 Å². The van der Waals surface area contributed by atoms with Gasteiger partial charge >= 0.3 is 0 Å². The smallest absolute Gasteiger partial charge is 0.138 e. The van der Waals surface area contributed by atoms with Crippen molar-refractivity contribution < 1.29 is 4.74 Å². The van der Waals surface area contributed by atoms with Gasteiger partial charge in [-0.05, 0) is 37.6 Å². The molecule has 0 spiro atoms. The largest absolute Gasteiger partial charge is 0.497 e. The van der Waals surface area contributed by atoms with Gasteiger partial charge in [-0.2, -0.15) is 0 Å². The Morgan fingerprint density at radius 1 is 1.11 bits per heavy atom. The minimum Gasteiger partial charge on any atom is -0.497 e. The number of ether oxygens (including phenoxy) is 1. The Bertz CT molecular complexity index is 584. The van der Waals surface area contributed by atoms with E-state index in [-0.39, 0.29) is 0 Å². The molecule has 2 N–H and O–H groups in total. The molecule has 1 aromatic heterocycles. The lowest BCUT2D eigenvalue weighted by atomic mass is 10.2. The predicted molar refractivity (Wildman–Crippen MR) is 77.3 cm³/mol. The third-order valence-electron chi connectivity index (χ3n) is 3.01. The van der Waals surface area contributed by atoms with Gasteiger partial charge in [0.2, 0.25) is 0 Å². The summed E-state index contributed by atoms with van der Waals surface area (Å²) in [5.41, 5.74) is 3.09. The molecule has 1 aromatic carbocycles. The van der Waals surface area contributed by atoms with Crippen LogP contribution in [0.3, 0.4) is 0 Å². The molecule has 2 aromatic rings. The van der Waals surface area contributed by atoms with E-state index in [0.29, 0.717) is 0 Å². The van der Waals surface area contributed by atoms with E-state index in [0.717, 1.165) is 34.2 Å². The van der Waals surface area contributed by atoms with Crippen molar-refractivity contribution >= 4 is 17.3 Å². The second kappa shape index (κ2) is 5.56. The number of anilines is 3. The first-order valence-corrected chi connectivity index (χ1v) is 6.06. The van der Waals surface area contributed by atoms with Crippen LogP contribution in [0, 0.1) is 13.8 Å². The van der Waals surface area contributed by atoms with Crippen LogP contribution in [0.25, 0.3) is 0 Å². The summed E-state index contributed by atoms with van der Waals surface area (Å²) in [6, 6.07) is 5.89. The fourth-order valence-corrected chi connectivity index (χ4v) is 1.86. The van der Waals surface area contributed by atoms with Gasteiger partial charge in [0.1, 0.15) is 23.7 Å². The maximum absolute atomic E-state index is 5.20. The van der Waals surface area contributed by atoms with Crippen LogP contribution in [-0.2, 0) is 0 Å². The summed E-state index contributed by atoms with van der Waals surface area (Å²) in [5.74, 6) is 2.47. The van der Waals surface area contributed by atoms with Gasteiger partial charge in [0.05, 0.1) is 7.11 Å². The van der Waals surface area contributed by atoms with Gasteiger partial charge in [-0.25, -0.2) is 9.97 Å². The van der Waals surface area contributed by atoms with Crippen LogP contribution in [0.15, 0.2) is 24.5 Å². The van der Waals surface area contributed by atoms with Gasteiger partial charge in [0.25, 0.3) is 0 Å². The SMILES string of the molecule is CNc1ncnc(Nc2ccc(OC)cc2C)c1C. The fraction of sp³-hybridized carbons (Fsp3) is 0.286. The second-order valence-electron chi connectivity index (χ2n) is 4.25. The molecule has 0 unspecified atom stereocenters. The van der Waals surface area contributed by atoms with E-state index in [2.05, 4.69) is 20.6 Å². The minimum atomic E-state index is 0.799. The molecule has 0 saturated heterocycles. The monoisotopic (exact) mass is 258 g/mol. The van der Waals surface area contributed by atoms with Crippen LogP contribution >= 0.6 is 0 Å². The van der Waals surface area contributed by atoms with Crippen molar-refractivity contribution in [2.24, 2.45) is 0 Å². The van der Waals surface area contributed by atoms with Crippen LogP contribution in [-0.4, -0.2) is 24.1 Å². The quantitative estimate of drug-likeness (QED) is 0.883. The zero-order chi connectivity index (χ0) is 13.8. The van der Waals surface area contributed by atoms with E-state index in [1.54, 1.807) is 13.4 Å². The third-order valence-corrected chi connectivity index (χ3v) is 3.01. The first-order valence-electron chi connectivity index (χ1n) is 6.06. The van der Waals surface area contributed by atoms with Crippen LogP contribution in [0.2, 0.25) is 0 Å². The molecule has 19 heavy (non-hydrogen) atoms. The predicted octanol–water partition coefficient (Wildman–Crippen LogP) is 2.89. The Morgan fingerprint density at radius 3 is 2.47 bits per heavy atom. The standard InChI is InChI=1S/C14H18N4O/c1-9-7-11(19-4)5-6-12(9)18-14-10(2)13(15-3)16-8-17-14/h5-8H,1-4H3,(H2,15,16,17,18). The Balaban J connectivity index is 2.31. The van der Waals surface area contributed by atoms with E-state index in [1.807, 2.05) is 39.1 Å². The van der Waals surface area contributed by atoms with Gasteiger partial charge in [-0.3, -0.25) is 0 Å². The second-order valence-corrected chi connectivity index (χ2v) is 4.25. The molecule has 1 heterocycles. The van der Waals surface area contributed by atoms with E-state index in [1.165, 1.54) is 0 Å². The lowest BCUT2D eigenvalue weighted by molar-refractivity contribution is 0.414. The molecule has 2 rings (SSSR count). The maximum Gasteiger partial charge on any atom is 0.138 e. The Hall–Kier alpha value is -2.30. The number of methoxy groups -OCH3 is 1. The number of aryl methyl sites for hydroxylation is 1. The number of aromatic nitrogens is 2. The molecule has 0 bridgehead atoms. The summed E-state index contributed by atoms with van der Waals surface area (Å²) >= 11 is 0. The highest BCUT2D eigenvalue weighted by atomic mass is 16.5. The van der Waals surface area contributed by atoms with Crippen molar-refractivity contribution in [3.8, 4) is 5.75 Å². The number of rotatable bonds is 4. The van der Waals surface area contributed by atoms with E-state index in [4.69, 9.17) is 4.74 Å². The zero-order valence-electron chi connectivity index (χ0n) is 11.6. The van der Waals surface area contributed by atoms with Crippen LogP contribution in [0.1, 0.15) is 11.1 Å². The molecule has 0 radical (unpaired) electrons. The van der Waals surface area contributed by atoms with Crippen LogP contribution in [0.5, 0.6) is 5.75 Å². The number of hydrogen-bond acceptors (Lipinski definition) is 5. The summed E-state index contributed by atoms with van der Waals surface area (Å²) in [6.45, 7) is 4.01. The topological polar surface area (TPSA) is 59.1 Å². The summed E-state index contributed by atoms with van der Waals surface area (Å²) in [6.07, 6.45) is 1.54. The first-order chi connectivity index (χ1) is 9.15. The Kier molecular flexibility index (Phi) is 3.85. The van der Waals surface area contributed by atoms with Gasteiger partial charge in [0, 0.05) is 18.3 Å². The van der Waals surface area contributed by atoms with E-state index < -0.39 is 0 Å². The highest BCUT2D eigenvalue weighted by Gasteiger charge is 2.07. The molecule has 5 nitrogen and oxygen atoms in total. The zero-order valence-corrected chi connectivity index (χ0v) is 11.6. The highest BCUT2D eigenvalue weighted by molar-refractivity contribution is 5.67. The van der Waals surface area contributed by atoms with Gasteiger partial charge < -0.3 is 15.4 Å². The Morgan fingerprint density at radius 2 is 1.84 bits per heavy atom. The molecule has 0 fully saturated rings.